The number of nitrogens with one attached hydrogen (secondary N) is 2. The predicted molar refractivity (Wildman–Crippen MR) is 252 cm³/mol. The number of ether oxygens (including phenoxy) is 8. The van der Waals surface area contributed by atoms with Gasteiger partial charge in [-0.05, 0) is 0 Å². The van der Waals surface area contributed by atoms with Gasteiger partial charge >= 0.3 is 0 Å². The molecule has 8 aromatic rings. The minimum Gasteiger partial charge on any atom is -0.490 e. The molecule has 5 heterocycles. The van der Waals surface area contributed by atoms with Crippen molar-refractivity contribution in [1.82, 2.24) is 39.9 Å². The molecule has 16 nitrogen and oxygen atoms in total. The Bertz CT molecular complexity index is 2990. The quantitative estimate of drug-likeness (QED) is 0.0700. The van der Waals surface area contributed by atoms with Gasteiger partial charge in [0.2, 0.25) is 0 Å². The van der Waals surface area contributed by atoms with E-state index in [0.29, 0.717) is 134 Å². The van der Waals surface area contributed by atoms with Gasteiger partial charge in [0.25, 0.3) is 0 Å². The molecule has 0 spiro atoms. The highest BCUT2D eigenvalue weighted by atomic mass is 16.6. The lowest BCUT2D eigenvalue weighted by Crippen LogP contribution is -2.13. The second-order valence-corrected chi connectivity index (χ2v) is 15.3. The fourth-order valence-electron chi connectivity index (χ4n) is 8.14. The maximum Gasteiger partial charge on any atom is 0.164 e. The number of benzene rings is 5. The lowest BCUT2D eigenvalue weighted by molar-refractivity contribution is 0.0180. The number of hydrogen-bond acceptors (Lipinski definition) is 14. The van der Waals surface area contributed by atoms with Crippen molar-refractivity contribution in [2.24, 2.45) is 0 Å². The van der Waals surface area contributed by atoms with E-state index in [1.807, 2.05) is 97.1 Å². The van der Waals surface area contributed by atoms with Gasteiger partial charge in [-0.25, -0.2) is 29.9 Å². The number of methoxy groups -OCH3 is 2. The number of nitrogens with zero attached hydrogens (tertiary/aromatic N) is 6. The largest absolute Gasteiger partial charge is 0.490 e. The van der Waals surface area contributed by atoms with Gasteiger partial charge in [0.1, 0.15) is 47.3 Å². The standard InChI is InChI=1S/C50H48N8O8/c1-59-19-21-61-23-25-63-27-29-65-41-31-11-3-4-12-32(31)42(66-30-28-64-26-24-62-22-20-60-2)40-39(41)49-56-47-37-17-9-7-15-35(37)45(54-47)52-43-33-13-5-6-14-34(33)44(51-43)53-46-36-16-8-10-18-38(36)48(55-46)57-50(40)58-49/h3-18H,19-30H2,1-2H3,(H2,51,52,53,54,55,56,57,58). The smallest absolute Gasteiger partial charge is 0.164 e. The second-order valence-electron chi connectivity index (χ2n) is 15.3. The minimum absolute atomic E-state index is 0.237. The third-order valence-electron chi connectivity index (χ3n) is 11.2. The number of hydrogen-bond donors (Lipinski definition) is 2. The van der Waals surface area contributed by atoms with E-state index < -0.39 is 0 Å². The summed E-state index contributed by atoms with van der Waals surface area (Å²) >= 11 is 0. The Morgan fingerprint density at radius 2 is 0.636 bits per heavy atom. The molecule has 10 rings (SSSR count). The molecule has 0 saturated carbocycles. The Kier molecular flexibility index (Phi) is 13.1. The van der Waals surface area contributed by atoms with E-state index in [4.69, 9.17) is 67.8 Å². The first-order chi connectivity index (χ1) is 32.7. The fraction of sp³-hybridized carbons (Fsp3) is 0.280. The van der Waals surface area contributed by atoms with Gasteiger partial charge in [0.15, 0.2) is 23.3 Å². The van der Waals surface area contributed by atoms with E-state index in [2.05, 4.69) is 9.97 Å². The van der Waals surface area contributed by atoms with Gasteiger partial charge in [-0.15, -0.1) is 0 Å². The van der Waals surface area contributed by atoms with Crippen molar-refractivity contribution >= 4 is 54.9 Å². The van der Waals surface area contributed by atoms with Gasteiger partial charge in [-0.2, -0.15) is 0 Å². The Morgan fingerprint density at radius 1 is 0.333 bits per heavy atom. The zero-order valence-corrected chi connectivity index (χ0v) is 36.7. The van der Waals surface area contributed by atoms with E-state index in [9.17, 15) is 0 Å². The van der Waals surface area contributed by atoms with Crippen LogP contribution in [-0.2, 0) is 28.4 Å². The van der Waals surface area contributed by atoms with Gasteiger partial charge < -0.3 is 47.9 Å². The zero-order chi connectivity index (χ0) is 44.7. The predicted octanol–water partition coefficient (Wildman–Crippen LogP) is 8.14. The van der Waals surface area contributed by atoms with E-state index >= 15 is 0 Å². The van der Waals surface area contributed by atoms with Crippen LogP contribution in [0.3, 0.4) is 0 Å². The SMILES string of the molecule is COCCOCCOCCOc1c2ccccc2c(OCCOCCOCCOC)c2c3nc4nc(nc5[nH]c(nc6nc(nc([nH]3)c12)-c1ccccc1-6)c1ccccc51)-c1ccccc1-4. The highest BCUT2D eigenvalue weighted by Gasteiger charge is 2.26. The van der Waals surface area contributed by atoms with Crippen molar-refractivity contribution < 1.29 is 37.9 Å². The van der Waals surface area contributed by atoms with Crippen LogP contribution >= 0.6 is 0 Å². The van der Waals surface area contributed by atoms with Crippen LogP contribution < -0.4 is 9.47 Å². The number of fused-ring (bicyclic) bond motifs is 21. The molecule has 2 aliphatic heterocycles. The lowest BCUT2D eigenvalue weighted by atomic mass is 10.0. The molecule has 16 heteroatoms. The summed E-state index contributed by atoms with van der Waals surface area (Å²) in [5.41, 5.74) is 5.47. The highest BCUT2D eigenvalue weighted by Crippen LogP contribution is 2.47. The maximum absolute atomic E-state index is 6.78. The van der Waals surface area contributed by atoms with Crippen LogP contribution in [0.4, 0.5) is 0 Å². The van der Waals surface area contributed by atoms with Crippen molar-refractivity contribution in [3.63, 3.8) is 0 Å². The van der Waals surface area contributed by atoms with Crippen molar-refractivity contribution in [2.75, 3.05) is 93.5 Å². The summed E-state index contributed by atoms with van der Waals surface area (Å²) in [6.45, 7) is 4.82. The summed E-state index contributed by atoms with van der Waals surface area (Å²) in [7, 11) is 3.29. The van der Waals surface area contributed by atoms with Gasteiger partial charge in [0.05, 0.1) is 76.8 Å². The normalized spacial score (nSPS) is 12.0. The third-order valence-corrected chi connectivity index (χ3v) is 11.2. The highest BCUT2D eigenvalue weighted by molar-refractivity contribution is 6.21. The van der Waals surface area contributed by atoms with Crippen LogP contribution in [0.15, 0.2) is 97.1 Å². The topological polar surface area (TPSA) is 183 Å². The van der Waals surface area contributed by atoms with Crippen molar-refractivity contribution in [3.8, 4) is 57.1 Å². The molecule has 0 unspecified atom stereocenters. The van der Waals surface area contributed by atoms with E-state index in [1.54, 1.807) is 14.2 Å². The van der Waals surface area contributed by atoms with Crippen LogP contribution in [0.5, 0.6) is 11.5 Å². The first-order valence-electron chi connectivity index (χ1n) is 21.9. The van der Waals surface area contributed by atoms with E-state index in [0.717, 1.165) is 43.8 Å². The molecular weight excluding hydrogens is 841 g/mol. The van der Waals surface area contributed by atoms with Crippen molar-refractivity contribution in [3.05, 3.63) is 97.1 Å². The molecule has 0 radical (unpaired) electrons. The first-order valence-corrected chi connectivity index (χ1v) is 21.9. The van der Waals surface area contributed by atoms with Crippen LogP contribution in [0.2, 0.25) is 0 Å². The molecule has 0 saturated heterocycles. The molecular formula is C50H48N8O8. The number of H-pyrrole nitrogens is 2. The average molecular weight is 889 g/mol. The zero-order valence-electron chi connectivity index (χ0n) is 36.7. The van der Waals surface area contributed by atoms with E-state index in [1.165, 1.54) is 0 Å². The Balaban J connectivity index is 1.19. The second kappa shape index (κ2) is 20.1. The van der Waals surface area contributed by atoms with Crippen LogP contribution in [0.25, 0.3) is 100 Å². The minimum atomic E-state index is 0.237. The summed E-state index contributed by atoms with van der Waals surface area (Å²) in [4.78, 5) is 38.2. The van der Waals surface area contributed by atoms with Crippen LogP contribution in [0, 0.1) is 0 Å². The number of aromatic nitrogens is 8. The van der Waals surface area contributed by atoms with Crippen molar-refractivity contribution in [2.45, 2.75) is 0 Å². The first kappa shape index (κ1) is 43.0. The van der Waals surface area contributed by atoms with Gasteiger partial charge in [-0.1, -0.05) is 97.1 Å². The molecule has 2 aliphatic rings. The molecule has 66 heavy (non-hydrogen) atoms. The molecule has 3 aromatic heterocycles. The van der Waals surface area contributed by atoms with E-state index in [-0.39, 0.29) is 13.2 Å². The Hall–Kier alpha value is -6.92. The molecule has 0 fully saturated rings. The lowest BCUT2D eigenvalue weighted by Gasteiger charge is -2.16. The molecule has 8 bridgehead atoms. The summed E-state index contributed by atoms with van der Waals surface area (Å²) in [6, 6.07) is 31.9. The molecule has 0 aliphatic carbocycles. The number of rotatable bonds is 20. The monoisotopic (exact) mass is 888 g/mol. The fourth-order valence-corrected chi connectivity index (χ4v) is 8.14. The van der Waals surface area contributed by atoms with Gasteiger partial charge in [0, 0.05) is 58.0 Å². The van der Waals surface area contributed by atoms with Crippen LogP contribution in [-0.4, -0.2) is 133 Å². The molecule has 0 atom stereocenters. The third kappa shape index (κ3) is 8.77. The molecule has 5 aromatic carbocycles. The maximum atomic E-state index is 6.78. The Labute approximate surface area is 379 Å². The van der Waals surface area contributed by atoms with Gasteiger partial charge in [-0.3, -0.25) is 0 Å². The summed E-state index contributed by atoms with van der Waals surface area (Å²) in [6.07, 6.45) is 0. The van der Waals surface area contributed by atoms with Crippen LogP contribution in [0.1, 0.15) is 0 Å². The summed E-state index contributed by atoms with van der Waals surface area (Å²) < 4.78 is 46.8. The molecule has 2 N–H and O–H groups in total. The van der Waals surface area contributed by atoms with Crippen molar-refractivity contribution in [1.29, 1.82) is 0 Å². The summed E-state index contributed by atoms with van der Waals surface area (Å²) in [5.74, 6) is 3.10. The average Bonchev–Trinajstić information content (AvgIpc) is 4.09. The Morgan fingerprint density at radius 3 is 1.02 bits per heavy atom. The molecule has 0 amide bonds. The summed E-state index contributed by atoms with van der Waals surface area (Å²) in [5, 5.41) is 4.71. The molecule has 336 valence electrons. The number of aromatic amines is 2.